The van der Waals surface area contributed by atoms with Crippen LogP contribution in [0.2, 0.25) is 0 Å². The number of carbonyl (C=O) groups excluding carboxylic acids is 1. The van der Waals surface area contributed by atoms with Crippen LogP contribution in [0.15, 0.2) is 18.2 Å². The van der Waals surface area contributed by atoms with Gasteiger partial charge >= 0.3 is 0 Å². The van der Waals surface area contributed by atoms with Gasteiger partial charge in [0.15, 0.2) is 5.78 Å². The second-order valence-corrected chi connectivity index (χ2v) is 3.74. The number of carbonyl (C=O) groups is 1. The minimum atomic E-state index is -0.0106. The summed E-state index contributed by atoms with van der Waals surface area (Å²) < 4.78 is 5.00. The highest BCUT2D eigenvalue weighted by Crippen LogP contribution is 2.20. The van der Waals surface area contributed by atoms with E-state index in [-0.39, 0.29) is 5.78 Å². The van der Waals surface area contributed by atoms with E-state index in [1.807, 2.05) is 24.1 Å². The predicted octanol–water partition coefficient (Wildman–Crippen LogP) is 1.55. The normalized spacial score (nSPS) is 10.2. The Morgan fingerprint density at radius 3 is 2.69 bits per heavy atom. The number of likely N-dealkylation sites (N-methyl/N-ethyl adjacent to an activating group) is 1. The zero-order valence-electron chi connectivity index (χ0n) is 9.99. The third-order valence-electron chi connectivity index (χ3n) is 2.49. The van der Waals surface area contributed by atoms with Crippen LogP contribution in [-0.2, 0) is 4.74 Å². The van der Waals surface area contributed by atoms with Crippen molar-refractivity contribution in [1.29, 1.82) is 0 Å². The summed E-state index contributed by atoms with van der Waals surface area (Å²) >= 11 is 0. The molecule has 0 unspecified atom stereocenters. The molecule has 0 aliphatic heterocycles. The first-order valence-corrected chi connectivity index (χ1v) is 5.16. The smallest absolute Gasteiger partial charge is 0.161 e. The maximum Gasteiger partial charge on any atom is 0.161 e. The van der Waals surface area contributed by atoms with E-state index in [0.717, 1.165) is 12.2 Å². The topological polar surface area (TPSA) is 55.6 Å². The van der Waals surface area contributed by atoms with Crippen molar-refractivity contribution in [2.45, 2.75) is 6.92 Å². The van der Waals surface area contributed by atoms with Gasteiger partial charge in [-0.05, 0) is 25.1 Å². The maximum absolute atomic E-state index is 11.2. The summed E-state index contributed by atoms with van der Waals surface area (Å²) in [5, 5.41) is 0. The number of rotatable bonds is 5. The Kier molecular flexibility index (Phi) is 4.31. The van der Waals surface area contributed by atoms with E-state index in [2.05, 4.69) is 0 Å². The molecular formula is C12H18N2O2. The fraction of sp³-hybridized carbons (Fsp3) is 0.417. The molecule has 0 aliphatic rings. The van der Waals surface area contributed by atoms with Crippen LogP contribution in [0.3, 0.4) is 0 Å². The second kappa shape index (κ2) is 5.51. The maximum atomic E-state index is 11.2. The van der Waals surface area contributed by atoms with Gasteiger partial charge in [0.1, 0.15) is 0 Å². The van der Waals surface area contributed by atoms with Crippen LogP contribution in [0, 0.1) is 0 Å². The lowest BCUT2D eigenvalue weighted by molar-refractivity contribution is 0.101. The SMILES string of the molecule is COCCN(C)c1ccc(C(C)=O)c(N)c1. The van der Waals surface area contributed by atoms with Crippen molar-refractivity contribution in [3.63, 3.8) is 0 Å². The van der Waals surface area contributed by atoms with Gasteiger partial charge in [0.2, 0.25) is 0 Å². The molecule has 0 aromatic heterocycles. The highest BCUT2D eigenvalue weighted by atomic mass is 16.5. The first kappa shape index (κ1) is 12.5. The Bertz CT molecular complexity index is 377. The average Bonchev–Trinajstić information content (AvgIpc) is 2.25. The van der Waals surface area contributed by atoms with Crippen molar-refractivity contribution in [1.82, 2.24) is 0 Å². The predicted molar refractivity (Wildman–Crippen MR) is 66.0 cm³/mol. The van der Waals surface area contributed by atoms with Gasteiger partial charge in [-0.25, -0.2) is 0 Å². The monoisotopic (exact) mass is 222 g/mol. The number of anilines is 2. The Labute approximate surface area is 96.0 Å². The molecule has 4 heteroatoms. The van der Waals surface area contributed by atoms with Crippen molar-refractivity contribution >= 4 is 17.2 Å². The lowest BCUT2D eigenvalue weighted by Crippen LogP contribution is -2.22. The van der Waals surface area contributed by atoms with Crippen LogP contribution in [0.5, 0.6) is 0 Å². The van der Waals surface area contributed by atoms with E-state index in [0.29, 0.717) is 17.9 Å². The molecule has 0 heterocycles. The Morgan fingerprint density at radius 2 is 2.19 bits per heavy atom. The van der Waals surface area contributed by atoms with Crippen LogP contribution >= 0.6 is 0 Å². The van der Waals surface area contributed by atoms with Crippen molar-refractivity contribution < 1.29 is 9.53 Å². The second-order valence-electron chi connectivity index (χ2n) is 3.74. The lowest BCUT2D eigenvalue weighted by Gasteiger charge is -2.19. The van der Waals surface area contributed by atoms with Crippen LogP contribution in [0.1, 0.15) is 17.3 Å². The highest BCUT2D eigenvalue weighted by molar-refractivity contribution is 5.99. The van der Waals surface area contributed by atoms with E-state index in [1.54, 1.807) is 13.2 Å². The number of nitrogens with zero attached hydrogens (tertiary/aromatic N) is 1. The summed E-state index contributed by atoms with van der Waals surface area (Å²) in [7, 11) is 3.63. The molecule has 16 heavy (non-hydrogen) atoms. The number of nitrogen functional groups attached to an aromatic ring is 1. The molecule has 0 bridgehead atoms. The molecule has 1 rings (SSSR count). The molecule has 0 saturated carbocycles. The molecule has 0 saturated heterocycles. The standard InChI is InChI=1S/C12H18N2O2/c1-9(15)11-5-4-10(8-12(11)13)14(2)6-7-16-3/h4-5,8H,6-7,13H2,1-3H3. The van der Waals surface area contributed by atoms with Gasteiger partial charge in [0, 0.05) is 37.6 Å². The summed E-state index contributed by atoms with van der Waals surface area (Å²) in [6.45, 7) is 2.96. The molecule has 4 nitrogen and oxygen atoms in total. The summed E-state index contributed by atoms with van der Waals surface area (Å²) in [4.78, 5) is 13.2. The molecule has 1 aromatic carbocycles. The molecule has 0 fully saturated rings. The average molecular weight is 222 g/mol. The lowest BCUT2D eigenvalue weighted by atomic mass is 10.1. The molecule has 0 spiro atoms. The first-order chi connectivity index (χ1) is 7.56. The summed E-state index contributed by atoms with van der Waals surface area (Å²) in [6.07, 6.45) is 0. The van der Waals surface area contributed by atoms with Crippen molar-refractivity contribution in [2.24, 2.45) is 0 Å². The Balaban J connectivity index is 2.84. The molecule has 0 atom stereocenters. The number of methoxy groups -OCH3 is 1. The van der Waals surface area contributed by atoms with E-state index < -0.39 is 0 Å². The third-order valence-corrected chi connectivity index (χ3v) is 2.49. The minimum absolute atomic E-state index is 0.0106. The van der Waals surface area contributed by atoms with Crippen molar-refractivity contribution in [2.75, 3.05) is 37.9 Å². The fourth-order valence-electron chi connectivity index (χ4n) is 1.47. The quantitative estimate of drug-likeness (QED) is 0.606. The van der Waals surface area contributed by atoms with Gasteiger partial charge in [0.05, 0.1) is 6.61 Å². The molecule has 88 valence electrons. The van der Waals surface area contributed by atoms with Crippen molar-refractivity contribution in [3.8, 4) is 0 Å². The van der Waals surface area contributed by atoms with E-state index in [1.165, 1.54) is 6.92 Å². The van der Waals surface area contributed by atoms with E-state index in [9.17, 15) is 4.79 Å². The summed E-state index contributed by atoms with van der Waals surface area (Å²) in [5.74, 6) is -0.0106. The van der Waals surface area contributed by atoms with E-state index in [4.69, 9.17) is 10.5 Å². The molecular weight excluding hydrogens is 204 g/mol. The highest BCUT2D eigenvalue weighted by Gasteiger charge is 2.07. The summed E-state index contributed by atoms with van der Waals surface area (Å²) in [5.41, 5.74) is 7.89. The van der Waals surface area contributed by atoms with Gasteiger partial charge in [-0.3, -0.25) is 4.79 Å². The van der Waals surface area contributed by atoms with Gasteiger partial charge in [-0.1, -0.05) is 0 Å². The zero-order valence-corrected chi connectivity index (χ0v) is 9.99. The molecule has 2 N–H and O–H groups in total. The number of hydrogen-bond donors (Lipinski definition) is 1. The number of Topliss-reactive ketones (excluding diaryl/α,β-unsaturated/α-hetero) is 1. The van der Waals surface area contributed by atoms with Crippen LogP contribution in [0.25, 0.3) is 0 Å². The molecule has 1 aromatic rings. The van der Waals surface area contributed by atoms with Crippen LogP contribution in [0.4, 0.5) is 11.4 Å². The fourth-order valence-corrected chi connectivity index (χ4v) is 1.47. The summed E-state index contributed by atoms with van der Waals surface area (Å²) in [6, 6.07) is 5.46. The first-order valence-electron chi connectivity index (χ1n) is 5.16. The van der Waals surface area contributed by atoms with E-state index >= 15 is 0 Å². The van der Waals surface area contributed by atoms with Gasteiger partial charge in [-0.15, -0.1) is 0 Å². The van der Waals surface area contributed by atoms with Gasteiger partial charge in [-0.2, -0.15) is 0 Å². The van der Waals surface area contributed by atoms with Gasteiger partial charge in [0.25, 0.3) is 0 Å². The molecule has 0 amide bonds. The number of hydrogen-bond acceptors (Lipinski definition) is 4. The Hall–Kier alpha value is -1.55. The Morgan fingerprint density at radius 1 is 1.50 bits per heavy atom. The molecule has 0 radical (unpaired) electrons. The number of ether oxygens (including phenoxy) is 1. The number of ketones is 1. The third kappa shape index (κ3) is 2.97. The van der Waals surface area contributed by atoms with Crippen molar-refractivity contribution in [3.05, 3.63) is 23.8 Å². The largest absolute Gasteiger partial charge is 0.398 e. The zero-order chi connectivity index (χ0) is 12.1. The van der Waals surface area contributed by atoms with Gasteiger partial charge < -0.3 is 15.4 Å². The van der Waals surface area contributed by atoms with Crippen LogP contribution in [-0.4, -0.2) is 33.1 Å². The minimum Gasteiger partial charge on any atom is -0.398 e. The number of benzene rings is 1. The number of nitrogens with two attached hydrogens (primary N) is 1. The molecule has 0 aliphatic carbocycles. The van der Waals surface area contributed by atoms with Crippen LogP contribution < -0.4 is 10.6 Å².